The number of rotatable bonds is 11. The predicted octanol–water partition coefficient (Wildman–Crippen LogP) is 6.61. The topological polar surface area (TPSA) is 72.9 Å². The van der Waals surface area contributed by atoms with Gasteiger partial charge in [-0.15, -0.1) is 0 Å². The van der Waals surface area contributed by atoms with E-state index in [1.165, 1.54) is 12.1 Å². The van der Waals surface area contributed by atoms with Gasteiger partial charge >= 0.3 is 7.60 Å². The van der Waals surface area contributed by atoms with E-state index >= 15 is 0 Å². The molecule has 3 aromatic carbocycles. The highest BCUT2D eigenvalue weighted by atomic mass is 32.2. The van der Waals surface area contributed by atoms with Crippen molar-refractivity contribution in [2.75, 3.05) is 13.2 Å². The maximum absolute atomic E-state index is 14.0. The van der Waals surface area contributed by atoms with Gasteiger partial charge in [0, 0.05) is 0 Å². The maximum atomic E-state index is 14.0. The number of hydrogen-bond acceptors (Lipinski definition) is 5. The lowest BCUT2D eigenvalue weighted by atomic mass is 10.2. The highest BCUT2D eigenvalue weighted by Gasteiger charge is 2.40. The first-order chi connectivity index (χ1) is 16.8. The maximum Gasteiger partial charge on any atom is 0.386 e. The van der Waals surface area contributed by atoms with E-state index in [-0.39, 0.29) is 30.1 Å². The molecule has 0 aliphatic heterocycles. The van der Waals surface area contributed by atoms with Crippen LogP contribution in [0, 0.1) is 6.92 Å². The van der Waals surface area contributed by atoms with Gasteiger partial charge in [0.25, 0.3) is 10.0 Å². The molecule has 184 valence electrons. The summed E-state index contributed by atoms with van der Waals surface area (Å²) in [5.41, 5.74) is 5.20. The van der Waals surface area contributed by atoms with Crippen LogP contribution < -0.4 is 0 Å². The van der Waals surface area contributed by atoms with Gasteiger partial charge in [0.05, 0.1) is 24.7 Å². The lowest BCUT2D eigenvalue weighted by Gasteiger charge is -2.29. The Bertz CT molecular complexity index is 1310. The van der Waals surface area contributed by atoms with E-state index < -0.39 is 17.6 Å². The quantitative estimate of drug-likeness (QED) is 0.214. The second kappa shape index (κ2) is 12.2. The van der Waals surface area contributed by atoms with Crippen molar-refractivity contribution in [3.05, 3.63) is 113 Å². The Labute approximate surface area is 208 Å². The average Bonchev–Trinajstić information content (AvgIpc) is 2.85. The van der Waals surface area contributed by atoms with Crippen LogP contribution in [-0.2, 0) is 30.2 Å². The molecule has 0 aromatic heterocycles. The Hall–Kier alpha value is -2.92. The third-order valence-electron chi connectivity index (χ3n) is 5.04. The molecule has 0 spiro atoms. The molecule has 3 aromatic rings. The van der Waals surface area contributed by atoms with Crippen LogP contribution in [-0.4, -0.2) is 25.9 Å². The molecule has 0 amide bonds. The Morgan fingerprint density at radius 3 is 1.97 bits per heavy atom. The van der Waals surface area contributed by atoms with Crippen LogP contribution in [0.15, 0.2) is 101 Å². The third kappa shape index (κ3) is 6.82. The fourth-order valence-electron chi connectivity index (χ4n) is 3.34. The second-order valence-electron chi connectivity index (χ2n) is 7.67. The van der Waals surface area contributed by atoms with Crippen LogP contribution in [0.5, 0.6) is 0 Å². The van der Waals surface area contributed by atoms with Crippen LogP contribution >= 0.6 is 7.60 Å². The molecule has 0 aliphatic carbocycles. The molecule has 0 atom stereocenters. The van der Waals surface area contributed by atoms with Crippen LogP contribution in [0.3, 0.4) is 0 Å². The molecule has 0 heterocycles. The molecule has 6 nitrogen and oxygen atoms in total. The SMILES string of the molecule is CCOP(=O)(OCC)C(=C=Cc1ccccc1)N(Cc1ccccc1)S(=O)(=O)c1ccc(C)cc1. The first-order valence-electron chi connectivity index (χ1n) is 11.3. The lowest BCUT2D eigenvalue weighted by Crippen LogP contribution is -2.30. The molecule has 0 N–H and O–H groups in total. The van der Waals surface area contributed by atoms with E-state index in [2.05, 4.69) is 5.73 Å². The second-order valence-corrected chi connectivity index (χ2v) is 11.5. The summed E-state index contributed by atoms with van der Waals surface area (Å²) in [7, 11) is -8.22. The molecule has 35 heavy (non-hydrogen) atoms. The summed E-state index contributed by atoms with van der Waals surface area (Å²) >= 11 is 0. The van der Waals surface area contributed by atoms with Gasteiger partial charge in [-0.25, -0.2) is 12.7 Å². The average molecular weight is 512 g/mol. The summed E-state index contributed by atoms with van der Waals surface area (Å²) in [6, 6.07) is 24.9. The monoisotopic (exact) mass is 511 g/mol. The van der Waals surface area contributed by atoms with Gasteiger partial charge in [-0.2, -0.15) is 0 Å². The van der Waals surface area contributed by atoms with E-state index in [9.17, 15) is 13.0 Å². The molecular weight excluding hydrogens is 481 g/mol. The molecule has 0 radical (unpaired) electrons. The number of nitrogens with zero attached hydrogens (tertiary/aromatic N) is 1. The molecule has 0 unspecified atom stereocenters. The summed E-state index contributed by atoms with van der Waals surface area (Å²) in [6.45, 7) is 5.30. The molecule has 0 bridgehead atoms. The molecule has 0 saturated carbocycles. The molecule has 8 heteroatoms. The first kappa shape index (κ1) is 26.7. The summed E-state index contributed by atoms with van der Waals surface area (Å²) in [6.07, 6.45) is 1.59. The van der Waals surface area contributed by atoms with E-state index in [0.29, 0.717) is 5.56 Å². The van der Waals surface area contributed by atoms with Crippen molar-refractivity contribution >= 4 is 23.7 Å². The summed E-state index contributed by atoms with van der Waals surface area (Å²) in [5, 5.41) is 0. The zero-order chi connectivity index (χ0) is 25.3. The van der Waals surface area contributed by atoms with Crippen LogP contribution in [0.1, 0.15) is 30.5 Å². The van der Waals surface area contributed by atoms with Crippen molar-refractivity contribution in [2.24, 2.45) is 0 Å². The normalized spacial score (nSPS) is 11.5. The number of benzene rings is 3. The van der Waals surface area contributed by atoms with E-state index in [4.69, 9.17) is 9.05 Å². The van der Waals surface area contributed by atoms with E-state index in [1.54, 1.807) is 32.1 Å². The Morgan fingerprint density at radius 1 is 0.886 bits per heavy atom. The highest BCUT2D eigenvalue weighted by Crippen LogP contribution is 2.58. The summed E-state index contributed by atoms with van der Waals surface area (Å²) in [5.74, 6) is 0. The number of sulfonamides is 1. The van der Waals surface area contributed by atoms with Crippen LogP contribution in [0.4, 0.5) is 0 Å². The van der Waals surface area contributed by atoms with Gasteiger partial charge in [-0.05, 0) is 50.1 Å². The zero-order valence-electron chi connectivity index (χ0n) is 20.1. The fourth-order valence-corrected chi connectivity index (χ4v) is 6.87. The number of aryl methyl sites for hydroxylation is 1. The van der Waals surface area contributed by atoms with Gasteiger partial charge in [0.1, 0.15) is 0 Å². The summed E-state index contributed by atoms with van der Waals surface area (Å²) in [4.78, 5) is 0.0672. The molecule has 0 aliphatic rings. The minimum absolute atomic E-state index is 0.0670. The lowest BCUT2D eigenvalue weighted by molar-refractivity contribution is 0.220. The van der Waals surface area contributed by atoms with Gasteiger partial charge in [-0.3, -0.25) is 4.57 Å². The van der Waals surface area contributed by atoms with Crippen molar-refractivity contribution in [2.45, 2.75) is 32.2 Å². The minimum Gasteiger partial charge on any atom is -0.304 e. The Morgan fingerprint density at radius 2 is 1.43 bits per heavy atom. The van der Waals surface area contributed by atoms with Gasteiger partial charge in [0.2, 0.25) is 0 Å². The predicted molar refractivity (Wildman–Crippen MR) is 139 cm³/mol. The van der Waals surface area contributed by atoms with Crippen molar-refractivity contribution in [3.8, 4) is 0 Å². The standard InChI is InChI=1S/C27H30NO5PS/c1-4-32-34(29,33-5-2)27(21-18-24-12-8-6-9-13-24)28(22-25-14-10-7-11-15-25)35(30,31)26-19-16-23(3)17-20-26/h6-20H,4-5,22H2,1-3H3. The van der Waals surface area contributed by atoms with Crippen molar-refractivity contribution < 1.29 is 22.0 Å². The molecule has 0 fully saturated rings. The van der Waals surface area contributed by atoms with Gasteiger partial charge in [-0.1, -0.05) is 84.1 Å². The first-order valence-corrected chi connectivity index (χ1v) is 14.3. The third-order valence-corrected chi connectivity index (χ3v) is 9.02. The zero-order valence-corrected chi connectivity index (χ0v) is 21.8. The molecule has 3 rings (SSSR count). The minimum atomic E-state index is -4.16. The van der Waals surface area contributed by atoms with Crippen molar-refractivity contribution in [3.63, 3.8) is 0 Å². The highest BCUT2D eigenvalue weighted by molar-refractivity contribution is 7.89. The summed E-state index contributed by atoms with van der Waals surface area (Å²) < 4.78 is 54.3. The molecular formula is C27H30NO5PS. The Balaban J connectivity index is 2.28. The van der Waals surface area contributed by atoms with Gasteiger partial charge < -0.3 is 9.05 Å². The number of hydrogen-bond donors (Lipinski definition) is 0. The Kier molecular flexibility index (Phi) is 9.27. The molecule has 0 saturated heterocycles. The van der Waals surface area contributed by atoms with Gasteiger partial charge in [0.15, 0.2) is 5.44 Å². The van der Waals surface area contributed by atoms with Crippen LogP contribution in [0.2, 0.25) is 0 Å². The van der Waals surface area contributed by atoms with E-state index in [1.807, 2.05) is 67.6 Å². The van der Waals surface area contributed by atoms with Crippen molar-refractivity contribution in [1.82, 2.24) is 4.31 Å². The van der Waals surface area contributed by atoms with Crippen LogP contribution in [0.25, 0.3) is 6.08 Å². The fraction of sp³-hybridized carbons (Fsp3) is 0.222. The van der Waals surface area contributed by atoms with Crippen molar-refractivity contribution in [1.29, 1.82) is 0 Å². The largest absolute Gasteiger partial charge is 0.386 e. The smallest absolute Gasteiger partial charge is 0.304 e. The van der Waals surface area contributed by atoms with E-state index in [0.717, 1.165) is 15.4 Å².